The molecular formula is C30H35ClFN3O4. The van der Waals surface area contributed by atoms with Gasteiger partial charge in [0.2, 0.25) is 11.8 Å². The van der Waals surface area contributed by atoms with E-state index in [0.29, 0.717) is 44.0 Å². The van der Waals surface area contributed by atoms with Gasteiger partial charge < -0.3 is 19.4 Å². The molecule has 1 aliphatic carbocycles. The summed E-state index contributed by atoms with van der Waals surface area (Å²) in [5.74, 6) is -0.206. The topological polar surface area (TPSA) is 70.2 Å². The Hall–Kier alpha value is -3.13. The van der Waals surface area contributed by atoms with Crippen molar-refractivity contribution in [2.75, 3.05) is 33.2 Å². The van der Waals surface area contributed by atoms with Crippen molar-refractivity contribution in [2.45, 2.75) is 51.5 Å². The molecule has 9 heteroatoms. The standard InChI is InChI=1S/C30H35ClFN3O4/c1-19-4-5-21(16-25(19)31)24-17-35(18-26(24)33(3)29(38)39-23-8-6-22(32)7-9-23)27(36)20-10-14-34(15-11-20)28(37)30(2)12-13-30/h4-9,16,20,24,26H,10-15,17-18H2,1-3H3/t24-,26+/m1/s1. The summed E-state index contributed by atoms with van der Waals surface area (Å²) in [4.78, 5) is 44.8. The number of likely N-dealkylation sites (N-methyl/N-ethyl adjacent to an activating group) is 1. The first kappa shape index (κ1) is 27.4. The van der Waals surface area contributed by atoms with Crippen LogP contribution in [0.1, 0.15) is 49.7 Å². The monoisotopic (exact) mass is 555 g/mol. The lowest BCUT2D eigenvalue weighted by Crippen LogP contribution is -2.46. The van der Waals surface area contributed by atoms with Gasteiger partial charge in [0.1, 0.15) is 11.6 Å². The second-order valence-corrected chi connectivity index (χ2v) is 11.9. The molecule has 0 radical (unpaired) electrons. The van der Waals surface area contributed by atoms with Gasteiger partial charge in [0.05, 0.1) is 6.04 Å². The summed E-state index contributed by atoms with van der Waals surface area (Å²) in [6.07, 6.45) is 2.60. The molecule has 0 bridgehead atoms. The summed E-state index contributed by atoms with van der Waals surface area (Å²) >= 11 is 6.45. The molecule has 2 aliphatic heterocycles. The maximum Gasteiger partial charge on any atom is 0.415 e. The lowest BCUT2D eigenvalue weighted by molar-refractivity contribution is -0.142. The Morgan fingerprint density at radius 1 is 1.03 bits per heavy atom. The van der Waals surface area contributed by atoms with Crippen molar-refractivity contribution in [1.29, 1.82) is 0 Å². The number of hydrogen-bond donors (Lipinski definition) is 0. The first-order valence-corrected chi connectivity index (χ1v) is 14.0. The average molecular weight is 556 g/mol. The van der Waals surface area contributed by atoms with E-state index in [1.165, 1.54) is 29.2 Å². The van der Waals surface area contributed by atoms with Crippen LogP contribution in [0, 0.1) is 24.1 Å². The van der Waals surface area contributed by atoms with Gasteiger partial charge in [-0.05, 0) is 74.1 Å². The Morgan fingerprint density at radius 3 is 2.31 bits per heavy atom. The van der Waals surface area contributed by atoms with Crippen LogP contribution in [0.3, 0.4) is 0 Å². The number of carbonyl (C=O) groups excluding carboxylic acids is 3. The van der Waals surface area contributed by atoms with E-state index in [1.807, 2.05) is 41.8 Å². The van der Waals surface area contributed by atoms with Crippen molar-refractivity contribution in [3.63, 3.8) is 0 Å². The summed E-state index contributed by atoms with van der Waals surface area (Å²) in [6, 6.07) is 10.8. The molecule has 7 nitrogen and oxygen atoms in total. The van der Waals surface area contributed by atoms with Gasteiger partial charge in [0, 0.05) is 55.5 Å². The Kier molecular flexibility index (Phi) is 7.60. The predicted molar refractivity (Wildman–Crippen MR) is 146 cm³/mol. The molecule has 208 valence electrons. The van der Waals surface area contributed by atoms with Gasteiger partial charge in [-0.2, -0.15) is 0 Å². The predicted octanol–water partition coefficient (Wildman–Crippen LogP) is 5.25. The van der Waals surface area contributed by atoms with Crippen molar-refractivity contribution in [3.8, 4) is 5.75 Å². The molecule has 0 aromatic heterocycles. The molecule has 5 rings (SSSR count). The molecule has 39 heavy (non-hydrogen) atoms. The highest BCUT2D eigenvalue weighted by Gasteiger charge is 2.48. The summed E-state index contributed by atoms with van der Waals surface area (Å²) in [6.45, 7) is 5.97. The number of rotatable bonds is 5. The molecule has 3 aliphatic rings. The van der Waals surface area contributed by atoms with E-state index in [4.69, 9.17) is 16.3 Å². The van der Waals surface area contributed by atoms with E-state index >= 15 is 0 Å². The summed E-state index contributed by atoms with van der Waals surface area (Å²) in [5, 5.41) is 0.633. The third-order valence-corrected chi connectivity index (χ3v) is 9.08. The first-order chi connectivity index (χ1) is 18.6. The minimum absolute atomic E-state index is 0.0609. The van der Waals surface area contributed by atoms with Crippen molar-refractivity contribution in [1.82, 2.24) is 14.7 Å². The van der Waals surface area contributed by atoms with Crippen LogP contribution in [0.4, 0.5) is 9.18 Å². The number of hydrogen-bond acceptors (Lipinski definition) is 4. The normalized spacial score (nSPS) is 22.5. The summed E-state index contributed by atoms with van der Waals surface area (Å²) in [5.41, 5.74) is 1.70. The minimum atomic E-state index is -0.579. The third-order valence-electron chi connectivity index (χ3n) is 8.68. The minimum Gasteiger partial charge on any atom is -0.410 e. The van der Waals surface area contributed by atoms with Gasteiger partial charge in [0.15, 0.2) is 0 Å². The lowest BCUT2D eigenvalue weighted by Gasteiger charge is -2.34. The number of aryl methyl sites for hydroxylation is 1. The molecule has 3 amide bonds. The fourth-order valence-electron chi connectivity index (χ4n) is 5.71. The van der Waals surface area contributed by atoms with Crippen LogP contribution in [-0.4, -0.2) is 71.9 Å². The van der Waals surface area contributed by atoms with Crippen LogP contribution < -0.4 is 4.74 Å². The van der Waals surface area contributed by atoms with E-state index in [-0.39, 0.29) is 40.9 Å². The van der Waals surface area contributed by atoms with E-state index in [0.717, 1.165) is 24.0 Å². The van der Waals surface area contributed by atoms with Gasteiger partial charge in [-0.1, -0.05) is 30.7 Å². The quantitative estimate of drug-likeness (QED) is 0.505. The van der Waals surface area contributed by atoms with E-state index < -0.39 is 11.9 Å². The summed E-state index contributed by atoms with van der Waals surface area (Å²) in [7, 11) is 1.66. The van der Waals surface area contributed by atoms with Crippen LogP contribution in [0.2, 0.25) is 5.02 Å². The zero-order chi connectivity index (χ0) is 27.9. The number of carbonyl (C=O) groups is 3. The van der Waals surface area contributed by atoms with Crippen LogP contribution in [0.15, 0.2) is 42.5 Å². The maximum absolute atomic E-state index is 13.7. The molecule has 2 aromatic carbocycles. The van der Waals surface area contributed by atoms with Crippen LogP contribution in [0.5, 0.6) is 5.75 Å². The van der Waals surface area contributed by atoms with Crippen LogP contribution in [0.25, 0.3) is 0 Å². The van der Waals surface area contributed by atoms with E-state index in [1.54, 1.807) is 7.05 Å². The number of benzene rings is 2. The largest absolute Gasteiger partial charge is 0.415 e. The van der Waals surface area contributed by atoms with Crippen LogP contribution in [-0.2, 0) is 9.59 Å². The highest BCUT2D eigenvalue weighted by atomic mass is 35.5. The molecule has 2 heterocycles. The maximum atomic E-state index is 13.7. The molecule has 0 unspecified atom stereocenters. The average Bonchev–Trinajstić information content (AvgIpc) is 3.53. The number of halogens is 2. The fourth-order valence-corrected chi connectivity index (χ4v) is 5.90. The van der Waals surface area contributed by atoms with Gasteiger partial charge >= 0.3 is 6.09 Å². The lowest BCUT2D eigenvalue weighted by atomic mass is 9.92. The molecule has 2 saturated heterocycles. The third kappa shape index (κ3) is 5.76. The van der Waals surface area contributed by atoms with E-state index in [2.05, 4.69) is 0 Å². The SMILES string of the molecule is Cc1ccc([C@H]2CN(C(=O)C3CCN(C(=O)C4(C)CC4)CC3)C[C@@H]2N(C)C(=O)Oc2ccc(F)cc2)cc1Cl. The van der Waals surface area contributed by atoms with Gasteiger partial charge in [-0.25, -0.2) is 9.18 Å². The zero-order valence-corrected chi connectivity index (χ0v) is 23.4. The molecule has 2 aromatic rings. The van der Waals surface area contributed by atoms with E-state index in [9.17, 15) is 18.8 Å². The second-order valence-electron chi connectivity index (χ2n) is 11.5. The van der Waals surface area contributed by atoms with Crippen molar-refractivity contribution in [2.24, 2.45) is 11.3 Å². The molecule has 0 spiro atoms. The smallest absolute Gasteiger partial charge is 0.410 e. The zero-order valence-electron chi connectivity index (χ0n) is 22.7. The molecule has 3 fully saturated rings. The van der Waals surface area contributed by atoms with Crippen molar-refractivity contribution in [3.05, 3.63) is 64.4 Å². The van der Waals surface area contributed by atoms with Gasteiger partial charge in [0.25, 0.3) is 0 Å². The Morgan fingerprint density at radius 2 is 1.69 bits per heavy atom. The molecular weight excluding hydrogens is 521 g/mol. The second kappa shape index (κ2) is 10.8. The van der Waals surface area contributed by atoms with Gasteiger partial charge in [-0.15, -0.1) is 0 Å². The first-order valence-electron chi connectivity index (χ1n) is 13.6. The number of piperidine rings is 1. The Balaban J connectivity index is 1.30. The number of ether oxygens (including phenoxy) is 1. The Labute approximate surface area is 233 Å². The molecule has 1 saturated carbocycles. The highest BCUT2D eigenvalue weighted by molar-refractivity contribution is 6.31. The van der Waals surface area contributed by atoms with Crippen molar-refractivity contribution < 1.29 is 23.5 Å². The number of likely N-dealkylation sites (tertiary alicyclic amines) is 2. The van der Waals surface area contributed by atoms with Crippen molar-refractivity contribution >= 4 is 29.5 Å². The number of nitrogens with zero attached hydrogens (tertiary/aromatic N) is 3. The van der Waals surface area contributed by atoms with Crippen LogP contribution >= 0.6 is 11.6 Å². The summed E-state index contributed by atoms with van der Waals surface area (Å²) < 4.78 is 18.8. The Bertz CT molecular complexity index is 1260. The number of amides is 3. The highest BCUT2D eigenvalue weighted by Crippen LogP contribution is 2.47. The van der Waals surface area contributed by atoms with Gasteiger partial charge in [-0.3, -0.25) is 9.59 Å². The molecule has 0 N–H and O–H groups in total. The molecule has 2 atom stereocenters. The fraction of sp³-hybridized carbons (Fsp3) is 0.500.